The van der Waals surface area contributed by atoms with Crippen LogP contribution in [0, 0.1) is 11.7 Å². The van der Waals surface area contributed by atoms with E-state index in [9.17, 15) is 14.0 Å². The summed E-state index contributed by atoms with van der Waals surface area (Å²) in [6.07, 6.45) is 0.510. The van der Waals surface area contributed by atoms with Crippen LogP contribution in [-0.2, 0) is 9.59 Å². The summed E-state index contributed by atoms with van der Waals surface area (Å²) in [6, 6.07) is 2.57. The van der Waals surface area contributed by atoms with Gasteiger partial charge in [0.05, 0.1) is 5.69 Å². The van der Waals surface area contributed by atoms with Crippen molar-refractivity contribution in [3.63, 3.8) is 0 Å². The van der Waals surface area contributed by atoms with Crippen LogP contribution < -0.4 is 10.2 Å². The molecule has 0 spiro atoms. The van der Waals surface area contributed by atoms with Gasteiger partial charge in [0, 0.05) is 5.02 Å². The molecule has 2 atom stereocenters. The van der Waals surface area contributed by atoms with Crippen LogP contribution in [0.25, 0.3) is 0 Å². The Balaban J connectivity index is 2.41. The minimum atomic E-state index is -0.770. The van der Waals surface area contributed by atoms with Gasteiger partial charge in [-0.2, -0.15) is 0 Å². The van der Waals surface area contributed by atoms with Gasteiger partial charge in [0.15, 0.2) is 0 Å². The second-order valence-electron chi connectivity index (χ2n) is 5.67. The van der Waals surface area contributed by atoms with Crippen LogP contribution in [0.15, 0.2) is 18.2 Å². The lowest BCUT2D eigenvalue weighted by Crippen LogP contribution is -2.63. The number of hydrogen-bond donors (Lipinski definition) is 1. The minimum Gasteiger partial charge on any atom is -0.342 e. The molecule has 114 valence electrons. The maximum Gasteiger partial charge on any atom is 0.250 e. The second-order valence-corrected chi connectivity index (χ2v) is 6.11. The predicted molar refractivity (Wildman–Crippen MR) is 79.7 cm³/mol. The molecule has 2 unspecified atom stereocenters. The smallest absolute Gasteiger partial charge is 0.250 e. The van der Waals surface area contributed by atoms with E-state index in [1.165, 1.54) is 23.1 Å². The first-order valence-corrected chi connectivity index (χ1v) is 7.27. The number of halogens is 2. The highest BCUT2D eigenvalue weighted by Gasteiger charge is 2.40. The van der Waals surface area contributed by atoms with E-state index in [4.69, 9.17) is 11.6 Å². The number of nitrogens with one attached hydrogen (secondary N) is 1. The van der Waals surface area contributed by atoms with Crippen LogP contribution in [0.5, 0.6) is 0 Å². The summed E-state index contributed by atoms with van der Waals surface area (Å²) in [5, 5.41) is 3.01. The molecule has 1 aliphatic heterocycles. The maximum absolute atomic E-state index is 14.0. The third-order valence-electron chi connectivity index (χ3n) is 3.49. The summed E-state index contributed by atoms with van der Waals surface area (Å²) >= 11 is 5.88. The van der Waals surface area contributed by atoms with E-state index in [0.717, 1.165) is 0 Å². The van der Waals surface area contributed by atoms with Crippen LogP contribution in [0.2, 0.25) is 5.02 Å². The van der Waals surface area contributed by atoms with Crippen LogP contribution in [-0.4, -0.2) is 23.9 Å². The lowest BCUT2D eigenvalue weighted by Gasteiger charge is -2.38. The topological polar surface area (TPSA) is 49.4 Å². The molecule has 1 aromatic rings. The Kier molecular flexibility index (Phi) is 4.52. The van der Waals surface area contributed by atoms with Gasteiger partial charge in [0.1, 0.15) is 17.9 Å². The first-order valence-electron chi connectivity index (χ1n) is 6.89. The summed E-state index contributed by atoms with van der Waals surface area (Å²) in [7, 11) is 0. The van der Waals surface area contributed by atoms with Crippen molar-refractivity contribution in [1.29, 1.82) is 0 Å². The summed E-state index contributed by atoms with van der Waals surface area (Å²) in [5.74, 6) is -0.937. The molecule has 0 saturated carbocycles. The highest BCUT2D eigenvalue weighted by atomic mass is 35.5. The van der Waals surface area contributed by atoms with Crippen LogP contribution in [0.1, 0.15) is 27.2 Å². The predicted octanol–water partition coefficient (Wildman–Crippen LogP) is 2.75. The van der Waals surface area contributed by atoms with E-state index in [-0.39, 0.29) is 23.4 Å². The van der Waals surface area contributed by atoms with Gasteiger partial charge in [-0.3, -0.25) is 14.5 Å². The minimum absolute atomic E-state index is 0.0450. The van der Waals surface area contributed by atoms with E-state index in [0.29, 0.717) is 11.4 Å². The Morgan fingerprint density at radius 3 is 2.67 bits per heavy atom. The molecule has 0 aliphatic carbocycles. The lowest BCUT2D eigenvalue weighted by atomic mass is 9.98. The van der Waals surface area contributed by atoms with Gasteiger partial charge in [-0.1, -0.05) is 25.4 Å². The zero-order chi connectivity index (χ0) is 15.7. The fraction of sp³-hybridized carbons (Fsp3) is 0.467. The number of carbonyl (C=O) groups is 2. The quantitative estimate of drug-likeness (QED) is 0.933. The molecule has 1 aromatic carbocycles. The molecule has 0 aromatic heterocycles. The number of amides is 2. The standard InChI is InChI=1S/C15H18ClFN2O2/c1-8(2)6-12-15(21)19(9(3)14(20)18-12)13-7-10(16)4-5-11(13)17/h4-5,7-9,12H,6H2,1-3H3,(H,18,20). The van der Waals surface area contributed by atoms with Crippen LogP contribution in [0.3, 0.4) is 0 Å². The van der Waals surface area contributed by atoms with Gasteiger partial charge in [-0.25, -0.2) is 4.39 Å². The molecule has 21 heavy (non-hydrogen) atoms. The average molecular weight is 313 g/mol. The van der Waals surface area contributed by atoms with Gasteiger partial charge >= 0.3 is 0 Å². The van der Waals surface area contributed by atoms with Crippen molar-refractivity contribution in [2.24, 2.45) is 5.92 Å². The van der Waals surface area contributed by atoms with Crippen molar-refractivity contribution in [3.05, 3.63) is 29.0 Å². The number of carbonyl (C=O) groups excluding carboxylic acids is 2. The molecule has 1 saturated heterocycles. The van der Waals surface area contributed by atoms with E-state index >= 15 is 0 Å². The third kappa shape index (κ3) is 3.18. The molecule has 2 amide bonds. The Morgan fingerprint density at radius 1 is 1.38 bits per heavy atom. The van der Waals surface area contributed by atoms with E-state index in [2.05, 4.69) is 5.32 Å². The molecule has 0 bridgehead atoms. The van der Waals surface area contributed by atoms with Crippen LogP contribution in [0.4, 0.5) is 10.1 Å². The van der Waals surface area contributed by atoms with Crippen molar-refractivity contribution < 1.29 is 14.0 Å². The Bertz CT molecular complexity index is 577. The number of benzene rings is 1. The van der Waals surface area contributed by atoms with E-state index in [1.54, 1.807) is 6.92 Å². The van der Waals surface area contributed by atoms with E-state index in [1.807, 2.05) is 13.8 Å². The Hall–Kier alpha value is -1.62. The van der Waals surface area contributed by atoms with E-state index < -0.39 is 17.9 Å². The van der Waals surface area contributed by atoms with Gasteiger partial charge in [0.25, 0.3) is 0 Å². The lowest BCUT2D eigenvalue weighted by molar-refractivity contribution is -0.133. The van der Waals surface area contributed by atoms with Crippen molar-refractivity contribution in [1.82, 2.24) is 5.32 Å². The molecule has 1 N–H and O–H groups in total. The monoisotopic (exact) mass is 312 g/mol. The number of nitrogens with zero attached hydrogens (tertiary/aromatic N) is 1. The van der Waals surface area contributed by atoms with Crippen molar-refractivity contribution >= 4 is 29.1 Å². The Labute approximate surface area is 128 Å². The number of piperazine rings is 1. The van der Waals surface area contributed by atoms with Crippen LogP contribution >= 0.6 is 11.6 Å². The normalized spacial score (nSPS) is 22.7. The SMILES string of the molecule is CC(C)CC1NC(=O)C(C)N(c2cc(Cl)ccc2F)C1=O. The molecule has 1 aliphatic rings. The zero-order valence-corrected chi connectivity index (χ0v) is 12.9. The Morgan fingerprint density at radius 2 is 2.05 bits per heavy atom. The first kappa shape index (κ1) is 15.8. The largest absolute Gasteiger partial charge is 0.342 e. The molecular formula is C15H18ClFN2O2. The van der Waals surface area contributed by atoms with Gasteiger partial charge < -0.3 is 5.32 Å². The number of anilines is 1. The second kappa shape index (κ2) is 6.02. The summed E-state index contributed by atoms with van der Waals surface area (Å²) in [5.41, 5.74) is 0.0450. The molecule has 1 heterocycles. The van der Waals surface area contributed by atoms with Crippen molar-refractivity contribution in [2.45, 2.75) is 39.3 Å². The zero-order valence-electron chi connectivity index (χ0n) is 12.2. The number of hydrogen-bond acceptors (Lipinski definition) is 2. The first-order chi connectivity index (χ1) is 9.81. The molecule has 4 nitrogen and oxygen atoms in total. The van der Waals surface area contributed by atoms with Gasteiger partial charge in [0.2, 0.25) is 11.8 Å². The van der Waals surface area contributed by atoms with Crippen molar-refractivity contribution in [2.75, 3.05) is 4.90 Å². The molecule has 2 rings (SSSR count). The fourth-order valence-electron chi connectivity index (χ4n) is 2.46. The summed E-state index contributed by atoms with van der Waals surface area (Å²) < 4.78 is 14.0. The number of rotatable bonds is 3. The molecule has 1 fully saturated rings. The average Bonchev–Trinajstić information content (AvgIpc) is 2.39. The third-order valence-corrected chi connectivity index (χ3v) is 3.73. The highest BCUT2D eigenvalue weighted by Crippen LogP contribution is 2.28. The highest BCUT2D eigenvalue weighted by molar-refractivity contribution is 6.31. The van der Waals surface area contributed by atoms with Gasteiger partial charge in [-0.15, -0.1) is 0 Å². The molecule has 6 heteroatoms. The van der Waals surface area contributed by atoms with Gasteiger partial charge in [-0.05, 0) is 37.5 Å². The maximum atomic E-state index is 14.0. The molecular weight excluding hydrogens is 295 g/mol. The molecule has 0 radical (unpaired) electrons. The summed E-state index contributed by atoms with van der Waals surface area (Å²) in [6.45, 7) is 5.49. The summed E-state index contributed by atoms with van der Waals surface area (Å²) in [4.78, 5) is 25.8. The fourth-order valence-corrected chi connectivity index (χ4v) is 2.63. The van der Waals surface area contributed by atoms with Crippen molar-refractivity contribution in [3.8, 4) is 0 Å².